The summed E-state index contributed by atoms with van der Waals surface area (Å²) >= 11 is 12.3. The second kappa shape index (κ2) is 10.3. The lowest BCUT2D eigenvalue weighted by Gasteiger charge is -2.29. The van der Waals surface area contributed by atoms with Gasteiger partial charge in [-0.15, -0.1) is 0 Å². The molecule has 2 amide bonds. The molecule has 0 saturated carbocycles. The van der Waals surface area contributed by atoms with E-state index in [0.29, 0.717) is 40.6 Å². The van der Waals surface area contributed by atoms with Crippen molar-refractivity contribution in [3.63, 3.8) is 0 Å². The number of carbonyl (C=O) groups is 2. The Kier molecular flexibility index (Phi) is 7.91. The summed E-state index contributed by atoms with van der Waals surface area (Å²) in [6.07, 6.45) is 0.110. The summed E-state index contributed by atoms with van der Waals surface area (Å²) in [5.41, 5.74) is 0.788. The number of aliphatic hydroxyl groups excluding tert-OH is 1. The van der Waals surface area contributed by atoms with Crippen molar-refractivity contribution >= 4 is 45.9 Å². The van der Waals surface area contributed by atoms with Gasteiger partial charge in [0, 0.05) is 17.8 Å². The number of aromatic amines is 1. The van der Waals surface area contributed by atoms with Gasteiger partial charge in [-0.1, -0.05) is 50.0 Å². The molecule has 33 heavy (non-hydrogen) atoms. The summed E-state index contributed by atoms with van der Waals surface area (Å²) in [4.78, 5) is 28.0. The minimum atomic E-state index is -1.19. The minimum Gasteiger partial charge on any atom is -0.373 e. The second-order valence-electron chi connectivity index (χ2n) is 9.64. The Balaban J connectivity index is 1.74. The van der Waals surface area contributed by atoms with Gasteiger partial charge >= 0.3 is 0 Å². The summed E-state index contributed by atoms with van der Waals surface area (Å²) in [5, 5.41) is 30.3. The summed E-state index contributed by atoms with van der Waals surface area (Å²) in [6, 6.07) is 5.68. The van der Waals surface area contributed by atoms with Crippen LogP contribution < -0.4 is 16.0 Å². The van der Waals surface area contributed by atoms with Gasteiger partial charge in [0.05, 0.1) is 33.4 Å². The molecule has 10 heteroatoms. The number of aliphatic hydroxyl groups is 1. The number of aromatic nitrogens is 1. The monoisotopic (exact) mass is 493 g/mol. The topological polar surface area (TPSA) is 130 Å². The molecule has 4 atom stereocenters. The van der Waals surface area contributed by atoms with Gasteiger partial charge in [0.1, 0.15) is 12.3 Å². The van der Waals surface area contributed by atoms with Crippen LogP contribution in [0.15, 0.2) is 18.2 Å². The third kappa shape index (κ3) is 6.39. The van der Waals surface area contributed by atoms with E-state index < -0.39 is 24.2 Å². The number of hydrogen-bond acceptors (Lipinski definition) is 5. The molecule has 0 radical (unpaired) electrons. The van der Waals surface area contributed by atoms with Crippen LogP contribution in [0.4, 0.5) is 0 Å². The van der Waals surface area contributed by atoms with Crippen LogP contribution in [0.2, 0.25) is 10.0 Å². The molecule has 1 saturated heterocycles. The van der Waals surface area contributed by atoms with E-state index in [4.69, 9.17) is 23.2 Å². The van der Waals surface area contributed by atoms with Crippen molar-refractivity contribution < 1.29 is 14.7 Å². The van der Waals surface area contributed by atoms with Crippen LogP contribution in [0.1, 0.15) is 52.0 Å². The molecule has 4 unspecified atom stereocenters. The third-order valence-corrected chi connectivity index (χ3v) is 6.45. The SMILES string of the molecule is CC(C)(C)CC(NC(O)c1cc2ccc(Cl)c(Cl)c2[nH]1)C(=O)NC(C#N)CC1CCNC1=O. The molecule has 1 aliphatic heterocycles. The van der Waals surface area contributed by atoms with E-state index >= 15 is 0 Å². The number of nitriles is 1. The molecule has 3 rings (SSSR count). The van der Waals surface area contributed by atoms with Crippen LogP contribution in [0.5, 0.6) is 0 Å². The van der Waals surface area contributed by atoms with Gasteiger partial charge in [-0.25, -0.2) is 0 Å². The lowest BCUT2D eigenvalue weighted by atomic mass is 9.87. The molecule has 0 aliphatic carbocycles. The number of halogens is 2. The quantitative estimate of drug-likeness (QED) is 0.359. The first-order valence-electron chi connectivity index (χ1n) is 10.9. The predicted molar refractivity (Wildman–Crippen MR) is 128 cm³/mol. The minimum absolute atomic E-state index is 0.0955. The number of carbonyl (C=O) groups excluding carboxylic acids is 2. The largest absolute Gasteiger partial charge is 0.373 e. The van der Waals surface area contributed by atoms with Crippen LogP contribution in [-0.4, -0.2) is 40.5 Å². The van der Waals surface area contributed by atoms with Crippen molar-refractivity contribution in [3.05, 3.63) is 33.9 Å². The summed E-state index contributed by atoms with van der Waals surface area (Å²) in [5.74, 6) is -0.800. The maximum absolute atomic E-state index is 13.1. The van der Waals surface area contributed by atoms with E-state index in [1.807, 2.05) is 20.8 Å². The van der Waals surface area contributed by atoms with Gasteiger partial charge in [0.2, 0.25) is 11.8 Å². The van der Waals surface area contributed by atoms with Crippen molar-refractivity contribution in [3.8, 4) is 6.07 Å². The van der Waals surface area contributed by atoms with Crippen LogP contribution in [0, 0.1) is 22.7 Å². The summed E-state index contributed by atoms with van der Waals surface area (Å²) in [6.45, 7) is 6.53. The standard InChI is InChI=1S/C23H29Cl2N5O3/c1-23(2,3)10-17(22(33)28-14(11-26)8-13-6-7-27-20(13)31)30-21(32)16-9-12-4-5-15(24)18(25)19(12)29-16/h4-5,9,13-14,17,21,29-30,32H,6-8,10H2,1-3H3,(H,27,31)(H,28,33). The van der Waals surface area contributed by atoms with Gasteiger partial charge in [-0.2, -0.15) is 5.26 Å². The molecule has 178 valence electrons. The number of rotatable bonds is 8. The maximum atomic E-state index is 13.1. The van der Waals surface area contributed by atoms with E-state index in [1.165, 1.54) is 0 Å². The lowest BCUT2D eigenvalue weighted by molar-refractivity contribution is -0.126. The lowest BCUT2D eigenvalue weighted by Crippen LogP contribution is -2.50. The highest BCUT2D eigenvalue weighted by Gasteiger charge is 2.32. The maximum Gasteiger partial charge on any atom is 0.238 e. The smallest absolute Gasteiger partial charge is 0.238 e. The van der Waals surface area contributed by atoms with Gasteiger partial charge in [-0.3, -0.25) is 14.9 Å². The van der Waals surface area contributed by atoms with E-state index in [0.717, 1.165) is 5.39 Å². The van der Waals surface area contributed by atoms with E-state index in [9.17, 15) is 20.0 Å². The van der Waals surface area contributed by atoms with Crippen LogP contribution in [-0.2, 0) is 9.59 Å². The molecule has 1 aromatic heterocycles. The average molecular weight is 494 g/mol. The molecular weight excluding hydrogens is 465 g/mol. The predicted octanol–water partition coefficient (Wildman–Crippen LogP) is 3.39. The summed E-state index contributed by atoms with van der Waals surface area (Å²) < 4.78 is 0. The zero-order valence-corrected chi connectivity index (χ0v) is 20.3. The van der Waals surface area contributed by atoms with Crippen LogP contribution >= 0.6 is 23.2 Å². The number of nitrogens with one attached hydrogen (secondary N) is 4. The number of benzene rings is 1. The molecule has 2 aromatic rings. The van der Waals surface area contributed by atoms with Crippen LogP contribution in [0.25, 0.3) is 10.9 Å². The summed E-state index contributed by atoms with van der Waals surface area (Å²) in [7, 11) is 0. The Bertz CT molecular complexity index is 1070. The zero-order valence-electron chi connectivity index (χ0n) is 18.8. The number of fused-ring (bicyclic) bond motifs is 1. The molecule has 1 aliphatic rings. The van der Waals surface area contributed by atoms with Crippen molar-refractivity contribution in [2.24, 2.45) is 11.3 Å². The number of amides is 2. The zero-order chi connectivity index (χ0) is 24.3. The van der Waals surface area contributed by atoms with Crippen molar-refractivity contribution in [2.75, 3.05) is 6.54 Å². The first-order valence-corrected chi connectivity index (χ1v) is 11.6. The Labute approximate surface area is 203 Å². The molecule has 1 aromatic carbocycles. The molecular formula is C23H29Cl2N5O3. The van der Waals surface area contributed by atoms with E-state index in [1.54, 1.807) is 18.2 Å². The highest BCUT2D eigenvalue weighted by molar-refractivity contribution is 6.45. The molecule has 0 bridgehead atoms. The van der Waals surface area contributed by atoms with Gasteiger partial charge < -0.3 is 20.7 Å². The molecule has 1 fully saturated rings. The van der Waals surface area contributed by atoms with Crippen molar-refractivity contribution in [1.82, 2.24) is 20.9 Å². The normalized spacial score (nSPS) is 19.1. The fraction of sp³-hybridized carbons (Fsp3) is 0.522. The first-order chi connectivity index (χ1) is 15.5. The Morgan fingerprint density at radius 3 is 2.70 bits per heavy atom. The number of hydrogen-bond donors (Lipinski definition) is 5. The van der Waals surface area contributed by atoms with Crippen LogP contribution in [0.3, 0.4) is 0 Å². The first kappa shape index (κ1) is 25.3. The molecule has 5 N–H and O–H groups in total. The van der Waals surface area contributed by atoms with Gasteiger partial charge in [0.15, 0.2) is 0 Å². The van der Waals surface area contributed by atoms with Gasteiger partial charge in [-0.05, 0) is 36.8 Å². The number of nitrogens with zero attached hydrogens (tertiary/aromatic N) is 1. The molecule has 0 spiro atoms. The van der Waals surface area contributed by atoms with Crippen molar-refractivity contribution in [1.29, 1.82) is 5.26 Å². The van der Waals surface area contributed by atoms with Gasteiger partial charge in [0.25, 0.3) is 0 Å². The Morgan fingerprint density at radius 1 is 1.36 bits per heavy atom. The third-order valence-electron chi connectivity index (χ3n) is 5.65. The average Bonchev–Trinajstić information content (AvgIpc) is 3.35. The fourth-order valence-electron chi connectivity index (χ4n) is 4.00. The highest BCUT2D eigenvalue weighted by Crippen LogP contribution is 2.32. The van der Waals surface area contributed by atoms with E-state index in [2.05, 4.69) is 27.0 Å². The molecule has 8 nitrogen and oxygen atoms in total. The fourth-order valence-corrected chi connectivity index (χ4v) is 4.38. The van der Waals surface area contributed by atoms with Crippen molar-refractivity contribution in [2.45, 2.75) is 58.3 Å². The molecule has 2 heterocycles. The Hall–Kier alpha value is -2.31. The second-order valence-corrected chi connectivity index (χ2v) is 10.4. The highest BCUT2D eigenvalue weighted by atomic mass is 35.5. The van der Waals surface area contributed by atoms with E-state index in [-0.39, 0.29) is 23.7 Å². The number of H-pyrrole nitrogens is 1. The Morgan fingerprint density at radius 2 is 2.09 bits per heavy atom.